The zero-order chi connectivity index (χ0) is 27.4. The Morgan fingerprint density at radius 3 is 2.87 bits per heavy atom. The highest BCUT2D eigenvalue weighted by atomic mass is 32.2. The lowest BCUT2D eigenvalue weighted by Gasteiger charge is -2.42. The smallest absolute Gasteiger partial charge is 0.233 e. The molecule has 1 saturated heterocycles. The van der Waals surface area contributed by atoms with Gasteiger partial charge in [-0.15, -0.1) is 0 Å². The summed E-state index contributed by atoms with van der Waals surface area (Å²) in [6.07, 6.45) is 7.08. The normalized spacial score (nSPS) is 28.0. The van der Waals surface area contributed by atoms with E-state index in [2.05, 4.69) is 30.8 Å². The summed E-state index contributed by atoms with van der Waals surface area (Å²) in [7, 11) is -3.04. The highest BCUT2D eigenvalue weighted by Gasteiger charge is 2.61. The Labute approximate surface area is 223 Å². The molecule has 1 aromatic carbocycles. The number of pyridine rings is 1. The van der Waals surface area contributed by atoms with Crippen LogP contribution < -0.4 is 10.5 Å². The van der Waals surface area contributed by atoms with Crippen molar-refractivity contribution in [3.8, 4) is 5.88 Å². The predicted octanol–water partition coefficient (Wildman–Crippen LogP) is 3.49. The van der Waals surface area contributed by atoms with Crippen molar-refractivity contribution in [2.75, 3.05) is 6.67 Å². The van der Waals surface area contributed by atoms with Crippen LogP contribution in [0, 0.1) is 5.82 Å². The summed E-state index contributed by atoms with van der Waals surface area (Å²) < 4.78 is 52.6. The molecule has 9 nitrogen and oxygen atoms in total. The molecule has 2 aliphatic heterocycles. The number of ether oxygens (including phenoxy) is 1. The molecule has 4 aromatic rings. The molecular formula is C27H26F2N6O3S. The van der Waals surface area contributed by atoms with Crippen LogP contribution in [0.15, 0.2) is 58.5 Å². The van der Waals surface area contributed by atoms with E-state index >= 15 is 4.39 Å². The molecule has 0 spiro atoms. The molecule has 202 valence electrons. The molecule has 1 fully saturated rings. The molecule has 5 heterocycles. The maximum absolute atomic E-state index is 15.3. The summed E-state index contributed by atoms with van der Waals surface area (Å²) >= 11 is 0. The van der Waals surface area contributed by atoms with Gasteiger partial charge in [-0.25, -0.2) is 23.7 Å². The second-order valence-electron chi connectivity index (χ2n) is 10.1. The Morgan fingerprint density at radius 2 is 2.10 bits per heavy atom. The first kappa shape index (κ1) is 25.4. The fourth-order valence-electron chi connectivity index (χ4n) is 5.75. The number of alkyl halides is 1. The number of oxazole rings is 1. The molecule has 2 unspecified atom stereocenters. The van der Waals surface area contributed by atoms with Crippen LogP contribution >= 0.6 is 0 Å². The van der Waals surface area contributed by atoms with Gasteiger partial charge in [0, 0.05) is 18.2 Å². The second kappa shape index (κ2) is 9.08. The van der Waals surface area contributed by atoms with Crippen molar-refractivity contribution in [2.45, 2.75) is 48.3 Å². The molecule has 39 heavy (non-hydrogen) atoms. The van der Waals surface area contributed by atoms with E-state index in [1.54, 1.807) is 31.3 Å². The predicted molar refractivity (Wildman–Crippen MR) is 143 cm³/mol. The Morgan fingerprint density at radius 1 is 1.26 bits per heavy atom. The highest BCUT2D eigenvalue weighted by molar-refractivity contribution is 8.03. The second-order valence-corrected chi connectivity index (χ2v) is 12.9. The Hall–Kier alpha value is -3.93. The molecule has 0 aliphatic carbocycles. The number of benzene rings is 1. The molecule has 0 amide bonds. The number of fused-ring (bicyclic) bond motifs is 3. The summed E-state index contributed by atoms with van der Waals surface area (Å²) in [5, 5.41) is -0.644. The topological polar surface area (TPSA) is 129 Å². The van der Waals surface area contributed by atoms with Gasteiger partial charge in [-0.2, -0.15) is 0 Å². The Balaban J connectivity index is 1.33. The molecular weight excluding hydrogens is 526 g/mol. The average molecular weight is 553 g/mol. The molecule has 0 saturated carbocycles. The Bertz CT molecular complexity index is 1710. The standard InChI is InChI=1S/C27H26F2N6O3S/c1-26(21-5-7-27(15-28,25(30)35-26)39(21,2)36)17-11-16(3-4-18(17)29)12-20-24-19(6-8-31-20)34-22(13-33-24)38-14-23-32-9-10-37-23/h3-4,6,8-11,13,21H,2,5,7,12,14-15H2,1H3,(H2,30,35)/t21?,26-,27+,39?/m1/s1. The van der Waals surface area contributed by atoms with Gasteiger partial charge in [-0.3, -0.25) is 14.2 Å². The maximum atomic E-state index is 15.3. The summed E-state index contributed by atoms with van der Waals surface area (Å²) in [4.78, 5) is 22.1. The van der Waals surface area contributed by atoms with E-state index in [0.29, 0.717) is 41.3 Å². The third-order valence-electron chi connectivity index (χ3n) is 7.88. The number of rotatable bonds is 7. The average Bonchev–Trinajstić information content (AvgIpc) is 3.50. The van der Waals surface area contributed by atoms with E-state index < -0.39 is 37.5 Å². The summed E-state index contributed by atoms with van der Waals surface area (Å²) in [5.74, 6) is 4.07. The van der Waals surface area contributed by atoms with Gasteiger partial charge < -0.3 is 14.9 Å². The maximum Gasteiger partial charge on any atom is 0.233 e. The number of nitrogens with two attached hydrogens (primary N) is 1. The SMILES string of the molecule is C=S1(=O)C2CC[C@]1(CF)C(N)=N[C@]2(C)c1cc(Cc2nccc3nc(OCc4ncco4)cnc23)ccc1F. The Kier molecular flexibility index (Phi) is 5.90. The van der Waals surface area contributed by atoms with Crippen molar-refractivity contribution in [1.29, 1.82) is 0 Å². The minimum absolute atomic E-state index is 0.0575. The lowest BCUT2D eigenvalue weighted by molar-refractivity contribution is 0.253. The molecule has 4 atom stereocenters. The van der Waals surface area contributed by atoms with Crippen LogP contribution in [-0.2, 0) is 28.1 Å². The number of hydrogen-bond acceptors (Lipinski definition) is 9. The van der Waals surface area contributed by atoms with E-state index in [4.69, 9.17) is 14.9 Å². The van der Waals surface area contributed by atoms with Crippen molar-refractivity contribution in [3.63, 3.8) is 0 Å². The fraction of sp³-hybridized carbons (Fsp3) is 0.333. The van der Waals surface area contributed by atoms with Crippen molar-refractivity contribution in [3.05, 3.63) is 77.6 Å². The van der Waals surface area contributed by atoms with Crippen molar-refractivity contribution >= 4 is 32.3 Å². The largest absolute Gasteiger partial charge is 0.467 e. The van der Waals surface area contributed by atoms with E-state index in [-0.39, 0.29) is 24.4 Å². The van der Waals surface area contributed by atoms with E-state index in [1.807, 2.05) is 0 Å². The van der Waals surface area contributed by atoms with Gasteiger partial charge in [-0.05, 0) is 52.9 Å². The monoisotopic (exact) mass is 552 g/mol. The van der Waals surface area contributed by atoms with E-state index in [9.17, 15) is 8.60 Å². The fourth-order valence-corrected chi connectivity index (χ4v) is 8.76. The van der Waals surface area contributed by atoms with Gasteiger partial charge in [-0.1, -0.05) is 12.1 Å². The van der Waals surface area contributed by atoms with Gasteiger partial charge in [0.15, 0.2) is 6.61 Å². The number of aliphatic imine (C=N–C) groups is 1. The van der Waals surface area contributed by atoms with Crippen molar-refractivity contribution < 1.29 is 22.1 Å². The minimum atomic E-state index is -3.04. The number of halogens is 2. The van der Waals surface area contributed by atoms with Crippen LogP contribution in [0.5, 0.6) is 5.88 Å². The molecule has 12 heteroatoms. The first-order valence-electron chi connectivity index (χ1n) is 12.4. The lowest BCUT2D eigenvalue weighted by atomic mass is 9.85. The quantitative estimate of drug-likeness (QED) is 0.345. The molecule has 6 rings (SSSR count). The van der Waals surface area contributed by atoms with Gasteiger partial charge in [0.1, 0.15) is 40.4 Å². The molecule has 2 bridgehead atoms. The first-order valence-corrected chi connectivity index (χ1v) is 14.1. The van der Waals surface area contributed by atoms with Crippen LogP contribution in [0.3, 0.4) is 0 Å². The van der Waals surface area contributed by atoms with E-state index in [1.165, 1.54) is 24.7 Å². The third-order valence-corrected chi connectivity index (χ3v) is 11.3. The van der Waals surface area contributed by atoms with Gasteiger partial charge in [0.2, 0.25) is 11.8 Å². The van der Waals surface area contributed by atoms with Gasteiger partial charge in [0.05, 0.1) is 28.9 Å². The highest BCUT2D eigenvalue weighted by Crippen LogP contribution is 2.52. The minimum Gasteiger partial charge on any atom is -0.467 e. The molecule has 0 radical (unpaired) electrons. The van der Waals surface area contributed by atoms with Crippen LogP contribution in [0.1, 0.15) is 42.5 Å². The van der Waals surface area contributed by atoms with Crippen molar-refractivity contribution in [1.82, 2.24) is 19.9 Å². The van der Waals surface area contributed by atoms with Gasteiger partial charge in [0.25, 0.3) is 0 Å². The third kappa shape index (κ3) is 3.88. The van der Waals surface area contributed by atoms with Crippen LogP contribution in [0.2, 0.25) is 0 Å². The summed E-state index contributed by atoms with van der Waals surface area (Å²) in [6, 6.07) is 6.42. The summed E-state index contributed by atoms with van der Waals surface area (Å²) in [6.45, 7) is 0.912. The molecule has 2 N–H and O–H groups in total. The van der Waals surface area contributed by atoms with Crippen LogP contribution in [0.25, 0.3) is 11.0 Å². The number of hydrogen-bond donors (Lipinski definition) is 1. The first-order chi connectivity index (χ1) is 18.7. The molecule has 2 aliphatic rings. The van der Waals surface area contributed by atoms with Crippen molar-refractivity contribution in [2.24, 2.45) is 10.7 Å². The summed E-state index contributed by atoms with van der Waals surface area (Å²) in [5.41, 5.74) is 7.72. The van der Waals surface area contributed by atoms with E-state index in [0.717, 1.165) is 5.56 Å². The number of nitrogens with zero attached hydrogens (tertiary/aromatic N) is 5. The molecule has 3 aromatic heterocycles. The number of aromatic nitrogens is 4. The van der Waals surface area contributed by atoms with Crippen LogP contribution in [-0.4, -0.2) is 52.5 Å². The zero-order valence-electron chi connectivity index (χ0n) is 21.1. The zero-order valence-corrected chi connectivity index (χ0v) is 22.0. The van der Waals surface area contributed by atoms with Gasteiger partial charge >= 0.3 is 0 Å². The number of amidine groups is 1. The van der Waals surface area contributed by atoms with Crippen LogP contribution in [0.4, 0.5) is 8.78 Å². The lowest BCUT2D eigenvalue weighted by Crippen LogP contribution is -2.58.